The van der Waals surface area contributed by atoms with E-state index in [2.05, 4.69) is 9.97 Å². The van der Waals surface area contributed by atoms with Crippen LogP contribution >= 0.6 is 0 Å². The van der Waals surface area contributed by atoms with Crippen molar-refractivity contribution in [1.82, 2.24) is 9.97 Å². The monoisotopic (exact) mass is 128 g/mol. The number of aromatic hydroxyl groups is 1. The lowest BCUT2D eigenvalue weighted by Crippen LogP contribution is -1.88. The molecule has 3 nitrogen and oxygen atoms in total. The van der Waals surface area contributed by atoms with Gasteiger partial charge in [-0.1, -0.05) is 0 Å². The quantitative estimate of drug-likeness (QED) is 0.521. The van der Waals surface area contributed by atoms with Gasteiger partial charge in [-0.05, 0) is 6.92 Å². The van der Waals surface area contributed by atoms with Gasteiger partial charge >= 0.3 is 0 Å². The first-order valence-electron chi connectivity index (χ1n) is 2.38. The summed E-state index contributed by atoms with van der Waals surface area (Å²) in [4.78, 5) is 6.65. The normalized spacial score (nSPS) is 9.56. The summed E-state index contributed by atoms with van der Waals surface area (Å²) in [6.07, 6.45) is 1.06. The van der Waals surface area contributed by atoms with Crippen molar-refractivity contribution in [1.29, 1.82) is 0 Å². The molecule has 0 spiro atoms. The zero-order valence-corrected chi connectivity index (χ0v) is 4.80. The third kappa shape index (κ3) is 0.960. The summed E-state index contributed by atoms with van der Waals surface area (Å²) >= 11 is 0. The number of aryl methyl sites for hydroxylation is 1. The van der Waals surface area contributed by atoms with Gasteiger partial charge < -0.3 is 5.11 Å². The molecule has 0 amide bonds. The summed E-state index contributed by atoms with van der Waals surface area (Å²) < 4.78 is 12.2. The van der Waals surface area contributed by atoms with Crippen molar-refractivity contribution in [2.45, 2.75) is 6.92 Å². The zero-order chi connectivity index (χ0) is 6.85. The summed E-state index contributed by atoms with van der Waals surface area (Å²) in [5.74, 6) is -1.35. The molecule has 1 aromatic rings. The summed E-state index contributed by atoms with van der Waals surface area (Å²) in [7, 11) is 0. The zero-order valence-electron chi connectivity index (χ0n) is 4.80. The molecule has 1 heterocycles. The molecule has 1 rings (SSSR count). The van der Waals surface area contributed by atoms with E-state index in [1.54, 1.807) is 0 Å². The molecular formula is C5H5FN2O. The van der Waals surface area contributed by atoms with E-state index in [0.717, 1.165) is 6.33 Å². The van der Waals surface area contributed by atoms with Crippen molar-refractivity contribution in [3.8, 4) is 5.75 Å². The fraction of sp³-hybridized carbons (Fsp3) is 0.200. The van der Waals surface area contributed by atoms with Crippen LogP contribution in [-0.2, 0) is 0 Å². The SMILES string of the molecule is Cc1ncnc(F)c1O. The third-order valence-corrected chi connectivity index (χ3v) is 0.961. The third-order valence-electron chi connectivity index (χ3n) is 0.961. The van der Waals surface area contributed by atoms with E-state index >= 15 is 0 Å². The van der Waals surface area contributed by atoms with Crippen molar-refractivity contribution in [3.63, 3.8) is 0 Å². The Morgan fingerprint density at radius 2 is 2.22 bits per heavy atom. The van der Waals surface area contributed by atoms with Gasteiger partial charge in [0.1, 0.15) is 6.33 Å². The van der Waals surface area contributed by atoms with Crippen LogP contribution in [0.25, 0.3) is 0 Å². The fourth-order valence-electron chi connectivity index (χ4n) is 0.438. The number of hydrogen-bond donors (Lipinski definition) is 1. The molecular weight excluding hydrogens is 123 g/mol. The largest absolute Gasteiger partial charge is 0.502 e. The number of hydrogen-bond acceptors (Lipinski definition) is 3. The minimum atomic E-state index is -0.873. The minimum absolute atomic E-state index is 0.252. The Labute approximate surface area is 51.2 Å². The first kappa shape index (κ1) is 5.94. The standard InChI is InChI=1S/C5H5FN2O/c1-3-4(9)5(6)8-2-7-3/h2,9H,1H3. The van der Waals surface area contributed by atoms with E-state index in [1.165, 1.54) is 6.92 Å². The number of rotatable bonds is 0. The lowest BCUT2D eigenvalue weighted by molar-refractivity contribution is 0.410. The second-order valence-corrected chi connectivity index (χ2v) is 1.60. The molecule has 0 saturated heterocycles. The summed E-state index contributed by atoms with van der Waals surface area (Å²) in [5.41, 5.74) is 0.252. The second kappa shape index (κ2) is 1.97. The highest BCUT2D eigenvalue weighted by molar-refractivity contribution is 5.20. The van der Waals surface area contributed by atoms with Crippen LogP contribution in [0.3, 0.4) is 0 Å². The van der Waals surface area contributed by atoms with Gasteiger partial charge in [-0.3, -0.25) is 0 Å². The van der Waals surface area contributed by atoms with Crippen LogP contribution in [0.15, 0.2) is 6.33 Å². The molecule has 0 fully saturated rings. The van der Waals surface area contributed by atoms with E-state index in [-0.39, 0.29) is 5.69 Å². The van der Waals surface area contributed by atoms with Crippen LogP contribution in [0, 0.1) is 12.9 Å². The molecule has 48 valence electrons. The molecule has 0 aliphatic heterocycles. The van der Waals surface area contributed by atoms with E-state index in [4.69, 9.17) is 5.11 Å². The van der Waals surface area contributed by atoms with Crippen LogP contribution in [0.1, 0.15) is 5.69 Å². The maximum Gasteiger partial charge on any atom is 0.258 e. The Bertz CT molecular complexity index is 206. The van der Waals surface area contributed by atoms with Gasteiger partial charge in [0, 0.05) is 0 Å². The van der Waals surface area contributed by atoms with E-state index in [0.29, 0.717) is 0 Å². The average molecular weight is 128 g/mol. The molecule has 0 atom stereocenters. The predicted octanol–water partition coefficient (Wildman–Crippen LogP) is 0.630. The van der Waals surface area contributed by atoms with Crippen molar-refractivity contribution >= 4 is 0 Å². The van der Waals surface area contributed by atoms with Crippen LogP contribution < -0.4 is 0 Å². The Morgan fingerprint density at radius 3 is 2.67 bits per heavy atom. The predicted molar refractivity (Wildman–Crippen MR) is 28.4 cm³/mol. The first-order chi connectivity index (χ1) is 4.22. The molecule has 0 aliphatic carbocycles. The summed E-state index contributed by atoms with van der Waals surface area (Å²) in [6.45, 7) is 1.50. The van der Waals surface area contributed by atoms with E-state index in [9.17, 15) is 4.39 Å². The minimum Gasteiger partial charge on any atom is -0.502 e. The maximum atomic E-state index is 12.2. The van der Waals surface area contributed by atoms with Crippen LogP contribution in [0.2, 0.25) is 0 Å². The smallest absolute Gasteiger partial charge is 0.258 e. The van der Waals surface area contributed by atoms with Gasteiger partial charge in [0.15, 0.2) is 5.75 Å². The van der Waals surface area contributed by atoms with Crippen LogP contribution in [0.5, 0.6) is 5.75 Å². The van der Waals surface area contributed by atoms with E-state index in [1.807, 2.05) is 0 Å². The summed E-state index contributed by atoms with van der Waals surface area (Å²) in [6, 6.07) is 0. The highest BCUT2D eigenvalue weighted by Gasteiger charge is 2.02. The second-order valence-electron chi connectivity index (χ2n) is 1.60. The average Bonchev–Trinajstić information content (AvgIpc) is 1.83. The van der Waals surface area contributed by atoms with Crippen molar-refractivity contribution in [2.75, 3.05) is 0 Å². The van der Waals surface area contributed by atoms with Crippen molar-refractivity contribution in [3.05, 3.63) is 18.0 Å². The van der Waals surface area contributed by atoms with Gasteiger partial charge in [-0.15, -0.1) is 0 Å². The molecule has 0 aromatic carbocycles. The Hall–Kier alpha value is -1.19. The fourth-order valence-corrected chi connectivity index (χ4v) is 0.438. The van der Waals surface area contributed by atoms with Gasteiger partial charge in [0.2, 0.25) is 0 Å². The van der Waals surface area contributed by atoms with Gasteiger partial charge in [-0.2, -0.15) is 4.39 Å². The van der Waals surface area contributed by atoms with Crippen LogP contribution in [-0.4, -0.2) is 15.1 Å². The number of nitrogens with zero attached hydrogens (tertiary/aromatic N) is 2. The van der Waals surface area contributed by atoms with Crippen LogP contribution in [0.4, 0.5) is 4.39 Å². The molecule has 0 aliphatic rings. The topological polar surface area (TPSA) is 46.0 Å². The molecule has 0 unspecified atom stereocenters. The Morgan fingerprint density at radius 1 is 1.56 bits per heavy atom. The molecule has 0 radical (unpaired) electrons. The lowest BCUT2D eigenvalue weighted by Gasteiger charge is -1.93. The highest BCUT2D eigenvalue weighted by atomic mass is 19.1. The molecule has 9 heavy (non-hydrogen) atoms. The molecule has 0 bridgehead atoms. The number of halogens is 1. The maximum absolute atomic E-state index is 12.2. The lowest BCUT2D eigenvalue weighted by atomic mass is 10.4. The van der Waals surface area contributed by atoms with Crippen molar-refractivity contribution in [2.24, 2.45) is 0 Å². The Balaban J connectivity index is 3.25. The Kier molecular flexibility index (Phi) is 1.30. The molecule has 4 heteroatoms. The molecule has 0 saturated carbocycles. The molecule has 1 N–H and O–H groups in total. The van der Waals surface area contributed by atoms with Crippen molar-refractivity contribution < 1.29 is 9.50 Å². The van der Waals surface area contributed by atoms with Gasteiger partial charge in [-0.25, -0.2) is 9.97 Å². The van der Waals surface area contributed by atoms with E-state index < -0.39 is 11.7 Å². The molecule has 1 aromatic heterocycles. The highest BCUT2D eigenvalue weighted by Crippen LogP contribution is 2.13. The number of aromatic nitrogens is 2. The summed E-state index contributed by atoms with van der Waals surface area (Å²) in [5, 5.41) is 8.71. The first-order valence-corrected chi connectivity index (χ1v) is 2.38. The van der Waals surface area contributed by atoms with Gasteiger partial charge in [0.05, 0.1) is 5.69 Å². The van der Waals surface area contributed by atoms with Gasteiger partial charge in [0.25, 0.3) is 5.95 Å².